The lowest BCUT2D eigenvalue weighted by molar-refractivity contribution is 0.298. The summed E-state index contributed by atoms with van der Waals surface area (Å²) in [5.74, 6) is 0. The number of hydrogen-bond acceptors (Lipinski definition) is 4. The quantitative estimate of drug-likeness (QED) is 0.670. The van der Waals surface area contributed by atoms with Gasteiger partial charge >= 0.3 is 0 Å². The highest BCUT2D eigenvalue weighted by Gasteiger charge is 2.02. The number of pyridine rings is 1. The third-order valence-electron chi connectivity index (χ3n) is 2.13. The first kappa shape index (κ1) is 11.9. The van der Waals surface area contributed by atoms with Crippen molar-refractivity contribution in [3.8, 4) is 0 Å². The molecular formula is C10H8Cl2N4O. The van der Waals surface area contributed by atoms with Gasteiger partial charge in [-0.3, -0.25) is 4.98 Å². The zero-order valence-corrected chi connectivity index (χ0v) is 10.1. The van der Waals surface area contributed by atoms with Crippen LogP contribution in [-0.2, 0) is 6.54 Å². The smallest absolute Gasteiger partial charge is 0.212 e. The Bertz CT molecular complexity index is 597. The Labute approximate surface area is 107 Å². The van der Waals surface area contributed by atoms with Crippen LogP contribution in [0.1, 0.15) is 5.56 Å². The number of halogens is 2. The molecule has 2 aromatic heterocycles. The van der Waals surface area contributed by atoms with E-state index in [9.17, 15) is 0 Å². The third kappa shape index (κ3) is 2.75. The van der Waals surface area contributed by atoms with E-state index >= 15 is 0 Å². The summed E-state index contributed by atoms with van der Waals surface area (Å²) in [5.41, 5.74) is 0.988. The maximum atomic E-state index is 8.58. The van der Waals surface area contributed by atoms with E-state index < -0.39 is 0 Å². The molecule has 7 heteroatoms. The van der Waals surface area contributed by atoms with Crippen molar-refractivity contribution in [2.75, 3.05) is 0 Å². The summed E-state index contributed by atoms with van der Waals surface area (Å²) in [7, 11) is 0. The molecule has 0 saturated heterocycles. The molecule has 88 valence electrons. The van der Waals surface area contributed by atoms with Crippen molar-refractivity contribution in [2.24, 2.45) is 5.16 Å². The van der Waals surface area contributed by atoms with Crippen LogP contribution >= 0.6 is 23.2 Å². The molecule has 0 fully saturated rings. The number of nitrogens with zero attached hydrogens (tertiary/aromatic N) is 4. The molecule has 0 bridgehead atoms. The minimum atomic E-state index is 0.0868. The molecule has 0 aromatic carbocycles. The first-order valence-electron chi connectivity index (χ1n) is 4.69. The van der Waals surface area contributed by atoms with Crippen LogP contribution in [0.4, 0.5) is 0 Å². The topological polar surface area (TPSA) is 63.3 Å². The summed E-state index contributed by atoms with van der Waals surface area (Å²) in [6.45, 7) is 0.514. The van der Waals surface area contributed by atoms with Gasteiger partial charge < -0.3 is 9.77 Å². The summed E-state index contributed by atoms with van der Waals surface area (Å²) >= 11 is 11.8. The van der Waals surface area contributed by atoms with E-state index in [0.717, 1.165) is 5.56 Å². The van der Waals surface area contributed by atoms with Crippen LogP contribution in [0.15, 0.2) is 36.1 Å². The van der Waals surface area contributed by atoms with Gasteiger partial charge in [0.05, 0.1) is 17.9 Å². The Morgan fingerprint density at radius 3 is 2.82 bits per heavy atom. The summed E-state index contributed by atoms with van der Waals surface area (Å²) in [6, 6.07) is 1.81. The number of aromatic nitrogens is 3. The molecule has 1 N–H and O–H groups in total. The molecule has 2 aromatic rings. The first-order chi connectivity index (χ1) is 8.20. The Hall–Kier alpha value is -1.59. The van der Waals surface area contributed by atoms with Crippen LogP contribution in [0.25, 0.3) is 0 Å². The Morgan fingerprint density at radius 2 is 2.18 bits per heavy atom. The molecule has 5 nitrogen and oxygen atoms in total. The van der Waals surface area contributed by atoms with E-state index in [1.54, 1.807) is 23.2 Å². The SMILES string of the molecule is O/N=c1/ncn(Cc2ccncc2Cl)cc1Cl. The predicted octanol–water partition coefficient (Wildman–Crippen LogP) is 1.92. The largest absolute Gasteiger partial charge is 0.409 e. The molecule has 0 amide bonds. The summed E-state index contributed by atoms with van der Waals surface area (Å²) in [6.07, 6.45) is 6.36. The molecule has 0 aliphatic carbocycles. The van der Waals surface area contributed by atoms with E-state index in [-0.39, 0.29) is 10.5 Å². The monoisotopic (exact) mass is 270 g/mol. The predicted molar refractivity (Wildman–Crippen MR) is 62.9 cm³/mol. The fraction of sp³-hybridized carbons (Fsp3) is 0.100. The van der Waals surface area contributed by atoms with Crippen molar-refractivity contribution < 1.29 is 5.21 Å². The molecule has 17 heavy (non-hydrogen) atoms. The van der Waals surface area contributed by atoms with Gasteiger partial charge in [-0.05, 0) is 11.6 Å². The molecule has 0 radical (unpaired) electrons. The van der Waals surface area contributed by atoms with Crippen LogP contribution < -0.4 is 5.49 Å². The van der Waals surface area contributed by atoms with E-state index in [2.05, 4.69) is 15.1 Å². The second-order valence-corrected chi connectivity index (χ2v) is 4.10. The maximum Gasteiger partial charge on any atom is 0.212 e. The van der Waals surface area contributed by atoms with Gasteiger partial charge in [0.15, 0.2) is 0 Å². The van der Waals surface area contributed by atoms with E-state index in [4.69, 9.17) is 28.4 Å². The Kier molecular flexibility index (Phi) is 3.61. The van der Waals surface area contributed by atoms with Crippen LogP contribution in [0.3, 0.4) is 0 Å². The maximum absolute atomic E-state index is 8.58. The molecule has 0 aliphatic rings. The lowest BCUT2D eigenvalue weighted by Crippen LogP contribution is -2.13. The average molecular weight is 271 g/mol. The Balaban J connectivity index is 2.32. The normalized spacial score (nSPS) is 11.8. The van der Waals surface area contributed by atoms with Crippen molar-refractivity contribution >= 4 is 23.2 Å². The van der Waals surface area contributed by atoms with Crippen LogP contribution in [0, 0.1) is 0 Å². The summed E-state index contributed by atoms with van der Waals surface area (Å²) in [5, 5.41) is 12.4. The van der Waals surface area contributed by atoms with Gasteiger partial charge in [0.2, 0.25) is 5.49 Å². The lowest BCUT2D eigenvalue weighted by atomic mass is 10.2. The molecule has 2 heterocycles. The molecular weight excluding hydrogens is 263 g/mol. The van der Waals surface area contributed by atoms with Gasteiger partial charge in [0.25, 0.3) is 0 Å². The third-order valence-corrected chi connectivity index (χ3v) is 2.73. The molecule has 0 atom stereocenters. The van der Waals surface area contributed by atoms with Crippen molar-refractivity contribution in [1.29, 1.82) is 0 Å². The number of rotatable bonds is 2. The van der Waals surface area contributed by atoms with Crippen LogP contribution in [0.5, 0.6) is 0 Å². The van der Waals surface area contributed by atoms with E-state index in [1.807, 2.05) is 6.07 Å². The van der Waals surface area contributed by atoms with Gasteiger partial charge in [-0.1, -0.05) is 28.4 Å². The molecule has 2 rings (SSSR count). The highest BCUT2D eigenvalue weighted by Crippen LogP contribution is 2.14. The summed E-state index contributed by atoms with van der Waals surface area (Å²) < 4.78 is 1.73. The zero-order valence-electron chi connectivity index (χ0n) is 8.59. The van der Waals surface area contributed by atoms with Gasteiger partial charge in [-0.15, -0.1) is 0 Å². The van der Waals surface area contributed by atoms with Crippen molar-refractivity contribution in [3.05, 3.63) is 52.1 Å². The highest BCUT2D eigenvalue weighted by molar-refractivity contribution is 6.31. The molecule has 0 aliphatic heterocycles. The van der Waals surface area contributed by atoms with Crippen molar-refractivity contribution in [1.82, 2.24) is 14.5 Å². The minimum Gasteiger partial charge on any atom is -0.409 e. The number of hydrogen-bond donors (Lipinski definition) is 1. The summed E-state index contributed by atoms with van der Waals surface area (Å²) in [4.78, 5) is 7.78. The van der Waals surface area contributed by atoms with Crippen molar-refractivity contribution in [2.45, 2.75) is 6.54 Å². The molecule has 0 unspecified atom stereocenters. The Morgan fingerprint density at radius 1 is 1.35 bits per heavy atom. The molecule has 0 spiro atoms. The second-order valence-electron chi connectivity index (χ2n) is 3.28. The van der Waals surface area contributed by atoms with Gasteiger partial charge in [0, 0.05) is 18.6 Å². The lowest BCUT2D eigenvalue weighted by Gasteiger charge is -2.07. The second kappa shape index (κ2) is 5.16. The van der Waals surface area contributed by atoms with E-state index in [0.29, 0.717) is 11.6 Å². The first-order valence-corrected chi connectivity index (χ1v) is 5.44. The highest BCUT2D eigenvalue weighted by atomic mass is 35.5. The van der Waals surface area contributed by atoms with Gasteiger partial charge in [0.1, 0.15) is 5.02 Å². The van der Waals surface area contributed by atoms with Crippen LogP contribution in [0.2, 0.25) is 10.0 Å². The van der Waals surface area contributed by atoms with E-state index in [1.165, 1.54) is 6.33 Å². The fourth-order valence-electron chi connectivity index (χ4n) is 1.32. The average Bonchev–Trinajstić information content (AvgIpc) is 2.32. The zero-order chi connectivity index (χ0) is 12.3. The van der Waals surface area contributed by atoms with Gasteiger partial charge in [-0.2, -0.15) is 0 Å². The minimum absolute atomic E-state index is 0.0868. The van der Waals surface area contributed by atoms with Crippen molar-refractivity contribution in [3.63, 3.8) is 0 Å². The standard InChI is InChI=1S/C10H8Cl2N4O/c11-8-3-13-2-1-7(8)4-16-5-9(12)10(15-17)14-6-16/h1-3,5-6,17H,4H2/b15-10+. The van der Waals surface area contributed by atoms with Crippen LogP contribution in [-0.4, -0.2) is 19.7 Å². The fourth-order valence-corrected chi connectivity index (χ4v) is 1.71. The molecule has 0 saturated carbocycles. The van der Waals surface area contributed by atoms with Gasteiger partial charge in [-0.25, -0.2) is 4.98 Å².